The van der Waals surface area contributed by atoms with Crippen molar-refractivity contribution in [3.63, 3.8) is 0 Å². The molecule has 0 spiro atoms. The molecule has 2 fully saturated rings. The third kappa shape index (κ3) is 4.82. The van der Waals surface area contributed by atoms with E-state index in [1.165, 1.54) is 10.8 Å². The predicted octanol–water partition coefficient (Wildman–Crippen LogP) is 0.978. The number of piperidine rings is 1. The highest BCUT2D eigenvalue weighted by Gasteiger charge is 2.42. The van der Waals surface area contributed by atoms with Crippen molar-refractivity contribution < 1.29 is 23.6 Å². The molecule has 4 heterocycles. The van der Waals surface area contributed by atoms with Gasteiger partial charge in [-0.15, -0.1) is 5.10 Å². The van der Waals surface area contributed by atoms with Crippen LogP contribution >= 0.6 is 7.75 Å². The fraction of sp³-hybridized carbons (Fsp3) is 0.524. The van der Waals surface area contributed by atoms with Gasteiger partial charge in [0, 0.05) is 31.3 Å². The van der Waals surface area contributed by atoms with E-state index in [0.29, 0.717) is 29.7 Å². The van der Waals surface area contributed by atoms with Crippen LogP contribution < -0.4 is 15.9 Å². The number of rotatable bonds is 7. The van der Waals surface area contributed by atoms with Crippen LogP contribution in [0.3, 0.4) is 0 Å². The maximum atomic E-state index is 14.0. The molecular weight excluding hydrogens is 479 g/mol. The molecule has 0 saturated carbocycles. The average molecular weight is 506 g/mol. The van der Waals surface area contributed by atoms with Crippen molar-refractivity contribution in [2.24, 2.45) is 0 Å². The van der Waals surface area contributed by atoms with E-state index in [9.17, 15) is 19.3 Å². The normalized spacial score (nSPS) is 25.0. The van der Waals surface area contributed by atoms with E-state index in [4.69, 9.17) is 13.9 Å². The highest BCUT2D eigenvalue weighted by molar-refractivity contribution is 7.51. The number of aromatic nitrogens is 5. The molecule has 2 aromatic heterocycles. The van der Waals surface area contributed by atoms with Gasteiger partial charge in [-0.2, -0.15) is 4.67 Å². The number of aromatic amines is 1. The molecule has 2 N–H and O–H groups in total. The standard InChI is InChI=1S/C21H27N6O7P/c1-14-12-26(21(30)22-20(14)29)19-11-17(28)18(33-19)13-32-35(31,25-9-5-2-6-10-25)34-27-16-8-4-3-7-15(16)23-24-27/h3-4,7-8,12,17-19,28H,2,5-6,9-11,13H2,1H3,(H,22,29,30)/t17-,18+,19+,35?/m0/s1. The summed E-state index contributed by atoms with van der Waals surface area (Å²) in [5, 5.41) is 18.6. The van der Waals surface area contributed by atoms with Crippen LogP contribution in [-0.2, 0) is 13.8 Å². The minimum Gasteiger partial charge on any atom is -0.390 e. The van der Waals surface area contributed by atoms with E-state index in [1.54, 1.807) is 29.8 Å². The fourth-order valence-electron chi connectivity index (χ4n) is 4.29. The van der Waals surface area contributed by atoms with Gasteiger partial charge >= 0.3 is 13.4 Å². The first-order valence-corrected chi connectivity index (χ1v) is 13.0. The van der Waals surface area contributed by atoms with Crippen LogP contribution in [0.25, 0.3) is 11.0 Å². The molecule has 4 atom stereocenters. The zero-order valence-electron chi connectivity index (χ0n) is 19.1. The summed E-state index contributed by atoms with van der Waals surface area (Å²) in [6.45, 7) is 2.37. The van der Waals surface area contributed by atoms with E-state index in [-0.39, 0.29) is 13.0 Å². The summed E-state index contributed by atoms with van der Waals surface area (Å²) in [5.74, 6) is 0. The van der Waals surface area contributed by atoms with Gasteiger partial charge in [0.15, 0.2) is 0 Å². The van der Waals surface area contributed by atoms with Gasteiger partial charge < -0.3 is 14.5 Å². The van der Waals surface area contributed by atoms with Crippen molar-refractivity contribution in [2.75, 3.05) is 19.7 Å². The van der Waals surface area contributed by atoms with Crippen LogP contribution in [0.2, 0.25) is 0 Å². The van der Waals surface area contributed by atoms with Crippen LogP contribution in [0, 0.1) is 6.92 Å². The monoisotopic (exact) mass is 506 g/mol. The van der Waals surface area contributed by atoms with Crippen LogP contribution in [0.4, 0.5) is 0 Å². The minimum absolute atomic E-state index is 0.0992. The molecule has 3 aromatic rings. The summed E-state index contributed by atoms with van der Waals surface area (Å²) in [6, 6.07) is 7.11. The van der Waals surface area contributed by atoms with Gasteiger partial charge in [-0.25, -0.2) is 9.36 Å². The Morgan fingerprint density at radius 2 is 2.00 bits per heavy atom. The maximum Gasteiger partial charge on any atom is 0.481 e. The van der Waals surface area contributed by atoms with Gasteiger partial charge in [0.25, 0.3) is 5.56 Å². The summed E-state index contributed by atoms with van der Waals surface area (Å²) >= 11 is 0. The SMILES string of the molecule is Cc1cn([C@H]2C[C@H](O)[C@@H](COP(=O)(On3nnc4ccccc43)N3CCCCC3)O2)c(=O)[nH]c1=O. The average Bonchev–Trinajstić information content (AvgIpc) is 3.44. The first-order chi connectivity index (χ1) is 16.8. The number of hydrogen-bond donors (Lipinski definition) is 2. The molecule has 0 bridgehead atoms. The molecule has 2 aliphatic heterocycles. The van der Waals surface area contributed by atoms with Crippen LogP contribution in [-0.4, -0.2) is 66.4 Å². The van der Waals surface area contributed by atoms with Gasteiger partial charge in [0.05, 0.1) is 12.7 Å². The number of H-pyrrole nitrogens is 1. The summed E-state index contributed by atoms with van der Waals surface area (Å²) in [5.41, 5.74) is 0.338. The summed E-state index contributed by atoms with van der Waals surface area (Å²) in [7, 11) is -3.90. The molecule has 14 heteroatoms. The van der Waals surface area contributed by atoms with Crippen LogP contribution in [0.15, 0.2) is 40.1 Å². The molecule has 0 radical (unpaired) electrons. The number of nitrogens with one attached hydrogen (secondary N) is 1. The molecule has 1 aromatic carbocycles. The Morgan fingerprint density at radius 1 is 1.23 bits per heavy atom. The first-order valence-electron chi connectivity index (χ1n) is 11.5. The Hall–Kier alpha value is -2.83. The zero-order chi connectivity index (χ0) is 24.6. The maximum absolute atomic E-state index is 14.0. The second-order valence-corrected chi connectivity index (χ2v) is 10.6. The fourth-order valence-corrected chi connectivity index (χ4v) is 6.03. The summed E-state index contributed by atoms with van der Waals surface area (Å²) in [4.78, 5) is 27.2. The molecule has 0 amide bonds. The summed E-state index contributed by atoms with van der Waals surface area (Å²) < 4.78 is 34.4. The quantitative estimate of drug-likeness (QED) is 0.443. The number of aliphatic hydroxyl groups excluding tert-OH is 1. The highest BCUT2D eigenvalue weighted by atomic mass is 31.2. The zero-order valence-corrected chi connectivity index (χ0v) is 20.0. The molecule has 1 unspecified atom stereocenters. The molecule has 35 heavy (non-hydrogen) atoms. The number of hydrogen-bond acceptors (Lipinski definition) is 9. The lowest BCUT2D eigenvalue weighted by Crippen LogP contribution is -2.35. The number of benzene rings is 1. The van der Waals surface area contributed by atoms with Gasteiger partial charge in [-0.1, -0.05) is 23.4 Å². The number of ether oxygens (including phenoxy) is 1. The van der Waals surface area contributed by atoms with E-state index in [2.05, 4.69) is 15.3 Å². The van der Waals surface area contributed by atoms with Crippen molar-refractivity contribution in [1.82, 2.24) is 29.4 Å². The smallest absolute Gasteiger partial charge is 0.390 e. The minimum atomic E-state index is -3.90. The molecule has 5 rings (SSSR count). The molecule has 2 aliphatic rings. The predicted molar refractivity (Wildman–Crippen MR) is 124 cm³/mol. The van der Waals surface area contributed by atoms with Crippen LogP contribution in [0.1, 0.15) is 37.5 Å². The lowest BCUT2D eigenvalue weighted by molar-refractivity contribution is -0.0463. The largest absolute Gasteiger partial charge is 0.481 e. The Bertz CT molecular complexity index is 1360. The van der Waals surface area contributed by atoms with Gasteiger partial charge in [0.2, 0.25) is 0 Å². The van der Waals surface area contributed by atoms with E-state index in [1.807, 2.05) is 6.07 Å². The topological polar surface area (TPSA) is 154 Å². The lowest BCUT2D eigenvalue weighted by Gasteiger charge is -2.32. The summed E-state index contributed by atoms with van der Waals surface area (Å²) in [6.07, 6.45) is 1.52. The molecular formula is C21H27N6O7P. The molecule has 0 aliphatic carbocycles. The van der Waals surface area contributed by atoms with E-state index < -0.39 is 37.4 Å². The third-order valence-corrected chi connectivity index (χ3v) is 8.17. The Kier molecular flexibility index (Phi) is 6.60. The number of nitrogens with zero attached hydrogens (tertiary/aromatic N) is 5. The highest BCUT2D eigenvalue weighted by Crippen LogP contribution is 2.51. The van der Waals surface area contributed by atoms with Crippen molar-refractivity contribution in [1.29, 1.82) is 0 Å². The van der Waals surface area contributed by atoms with Gasteiger partial charge in [-0.3, -0.25) is 18.9 Å². The second kappa shape index (κ2) is 9.67. The Morgan fingerprint density at radius 3 is 2.80 bits per heavy atom. The molecule has 188 valence electrons. The van der Waals surface area contributed by atoms with Crippen molar-refractivity contribution in [3.8, 4) is 0 Å². The number of para-hydroxylation sites is 1. The molecule has 2 saturated heterocycles. The van der Waals surface area contributed by atoms with Gasteiger partial charge in [-0.05, 0) is 37.1 Å². The van der Waals surface area contributed by atoms with E-state index >= 15 is 0 Å². The Balaban J connectivity index is 1.34. The second-order valence-electron chi connectivity index (χ2n) is 8.72. The molecule has 13 nitrogen and oxygen atoms in total. The van der Waals surface area contributed by atoms with Crippen molar-refractivity contribution >= 4 is 18.8 Å². The van der Waals surface area contributed by atoms with Crippen molar-refractivity contribution in [3.05, 3.63) is 56.9 Å². The third-order valence-electron chi connectivity index (χ3n) is 6.24. The lowest BCUT2D eigenvalue weighted by atomic mass is 10.2. The number of fused-ring (bicyclic) bond motifs is 1. The van der Waals surface area contributed by atoms with Crippen molar-refractivity contribution in [2.45, 2.75) is 51.0 Å². The number of aryl methyl sites for hydroxylation is 1. The number of aliphatic hydroxyl groups is 1. The first kappa shape index (κ1) is 23.9. The van der Waals surface area contributed by atoms with Gasteiger partial charge in [0.1, 0.15) is 23.4 Å². The van der Waals surface area contributed by atoms with E-state index in [0.717, 1.165) is 24.1 Å². The Labute approximate surface area is 199 Å². The van der Waals surface area contributed by atoms with Crippen LogP contribution in [0.5, 0.6) is 0 Å².